The monoisotopic (exact) mass is 251 g/mol. The Kier molecular flexibility index (Phi) is 4.36. The molecule has 6 heteroatoms. The average Bonchev–Trinajstić information content (AvgIpc) is 2.29. The summed E-state index contributed by atoms with van der Waals surface area (Å²) < 4.78 is 0. The largest absolute Gasteiger partial charge is 0.481 e. The van der Waals surface area contributed by atoms with Crippen LogP contribution in [0.15, 0.2) is 18.7 Å². The molecule has 1 aromatic heterocycles. The Hall–Kier alpha value is -1.98. The average molecular weight is 251 g/mol. The highest BCUT2D eigenvalue weighted by atomic mass is 16.4. The number of carboxylic acids is 1. The van der Waals surface area contributed by atoms with E-state index in [9.17, 15) is 14.7 Å². The Bertz CT molecular complexity index is 433. The van der Waals surface area contributed by atoms with Crippen molar-refractivity contribution in [1.29, 1.82) is 0 Å². The van der Waals surface area contributed by atoms with Gasteiger partial charge in [0.25, 0.3) is 0 Å². The van der Waals surface area contributed by atoms with Gasteiger partial charge in [-0.1, -0.05) is 13.8 Å². The van der Waals surface area contributed by atoms with Crippen molar-refractivity contribution in [2.24, 2.45) is 11.3 Å². The van der Waals surface area contributed by atoms with Crippen LogP contribution in [-0.4, -0.2) is 27.0 Å². The Labute approximate surface area is 105 Å². The number of aromatic nitrogens is 2. The summed E-state index contributed by atoms with van der Waals surface area (Å²) in [5.74, 6) is -1.48. The topological polar surface area (TPSA) is 92.2 Å². The maximum Gasteiger partial charge on any atom is 0.310 e. The van der Waals surface area contributed by atoms with Gasteiger partial charge < -0.3 is 10.4 Å². The molecule has 1 amide bonds. The fourth-order valence-electron chi connectivity index (χ4n) is 1.43. The lowest BCUT2D eigenvalue weighted by molar-refractivity contribution is -0.153. The Morgan fingerprint density at radius 1 is 1.39 bits per heavy atom. The zero-order chi connectivity index (χ0) is 13.8. The van der Waals surface area contributed by atoms with Crippen LogP contribution in [0.1, 0.15) is 27.2 Å². The summed E-state index contributed by atoms with van der Waals surface area (Å²) in [7, 11) is 0. The maximum atomic E-state index is 11.8. The molecule has 1 rings (SSSR count). The van der Waals surface area contributed by atoms with E-state index in [2.05, 4.69) is 15.3 Å². The van der Waals surface area contributed by atoms with Crippen molar-refractivity contribution in [3.05, 3.63) is 18.7 Å². The molecule has 0 radical (unpaired) electrons. The first-order valence-corrected chi connectivity index (χ1v) is 5.64. The molecular formula is C12H17N3O3. The number of rotatable bonds is 5. The van der Waals surface area contributed by atoms with Crippen molar-refractivity contribution < 1.29 is 14.7 Å². The van der Waals surface area contributed by atoms with Crippen molar-refractivity contribution in [3.63, 3.8) is 0 Å². The van der Waals surface area contributed by atoms with E-state index >= 15 is 0 Å². The molecule has 98 valence electrons. The summed E-state index contributed by atoms with van der Waals surface area (Å²) in [5.41, 5.74) is -0.626. The maximum absolute atomic E-state index is 11.8. The minimum absolute atomic E-state index is 0.0884. The van der Waals surface area contributed by atoms with Crippen LogP contribution in [0.2, 0.25) is 0 Å². The number of carbonyl (C=O) groups excluding carboxylic acids is 1. The summed E-state index contributed by atoms with van der Waals surface area (Å²) in [6.45, 7) is 5.14. The SMILES string of the molecule is CC(C)C(C)(CC(=O)Nc1cncnc1)C(=O)O. The highest BCUT2D eigenvalue weighted by molar-refractivity contribution is 5.93. The van der Waals surface area contributed by atoms with Crippen LogP contribution in [0.5, 0.6) is 0 Å². The molecule has 0 aromatic carbocycles. The second kappa shape index (κ2) is 5.57. The number of nitrogens with zero attached hydrogens (tertiary/aromatic N) is 2. The van der Waals surface area contributed by atoms with E-state index in [0.717, 1.165) is 0 Å². The first-order valence-electron chi connectivity index (χ1n) is 5.64. The van der Waals surface area contributed by atoms with Crippen molar-refractivity contribution in [1.82, 2.24) is 9.97 Å². The van der Waals surface area contributed by atoms with Gasteiger partial charge in [0, 0.05) is 6.42 Å². The molecule has 2 N–H and O–H groups in total. The molecule has 1 aromatic rings. The van der Waals surface area contributed by atoms with Gasteiger partial charge >= 0.3 is 5.97 Å². The highest BCUT2D eigenvalue weighted by Crippen LogP contribution is 2.31. The van der Waals surface area contributed by atoms with E-state index in [-0.39, 0.29) is 18.2 Å². The summed E-state index contributed by atoms with van der Waals surface area (Å²) in [4.78, 5) is 30.6. The lowest BCUT2D eigenvalue weighted by atomic mass is 9.76. The van der Waals surface area contributed by atoms with Gasteiger partial charge in [-0.3, -0.25) is 9.59 Å². The predicted molar refractivity (Wildman–Crippen MR) is 65.9 cm³/mol. The molecule has 0 aliphatic rings. The van der Waals surface area contributed by atoms with Gasteiger partial charge in [0.1, 0.15) is 6.33 Å². The molecule has 1 heterocycles. The van der Waals surface area contributed by atoms with Gasteiger partial charge in [0.2, 0.25) is 5.91 Å². The zero-order valence-electron chi connectivity index (χ0n) is 10.7. The molecule has 0 aliphatic heterocycles. The third-order valence-corrected chi connectivity index (χ3v) is 3.13. The summed E-state index contributed by atoms with van der Waals surface area (Å²) in [5, 5.41) is 11.8. The summed E-state index contributed by atoms with van der Waals surface area (Å²) >= 11 is 0. The zero-order valence-corrected chi connectivity index (χ0v) is 10.7. The molecule has 0 saturated heterocycles. The van der Waals surface area contributed by atoms with Crippen molar-refractivity contribution in [2.45, 2.75) is 27.2 Å². The van der Waals surface area contributed by atoms with Gasteiger partial charge in [-0.05, 0) is 12.8 Å². The third kappa shape index (κ3) is 3.26. The Balaban J connectivity index is 2.72. The molecule has 0 spiro atoms. The first-order chi connectivity index (χ1) is 8.36. The van der Waals surface area contributed by atoms with Crippen molar-refractivity contribution in [3.8, 4) is 0 Å². The fourth-order valence-corrected chi connectivity index (χ4v) is 1.43. The first kappa shape index (κ1) is 14.1. The molecule has 0 saturated carbocycles. The molecule has 18 heavy (non-hydrogen) atoms. The molecule has 0 aliphatic carbocycles. The van der Waals surface area contributed by atoms with Crippen LogP contribution in [0, 0.1) is 11.3 Å². The van der Waals surface area contributed by atoms with Crippen molar-refractivity contribution in [2.75, 3.05) is 5.32 Å². The van der Waals surface area contributed by atoms with Gasteiger partial charge in [0.05, 0.1) is 23.5 Å². The van der Waals surface area contributed by atoms with Crippen LogP contribution < -0.4 is 5.32 Å². The van der Waals surface area contributed by atoms with E-state index in [1.165, 1.54) is 18.7 Å². The highest BCUT2D eigenvalue weighted by Gasteiger charge is 2.38. The van der Waals surface area contributed by atoms with E-state index in [4.69, 9.17) is 0 Å². The summed E-state index contributed by atoms with van der Waals surface area (Å²) in [6.07, 6.45) is 4.18. The van der Waals surface area contributed by atoms with Gasteiger partial charge in [-0.25, -0.2) is 9.97 Å². The lowest BCUT2D eigenvalue weighted by Gasteiger charge is -2.28. The van der Waals surface area contributed by atoms with Crippen molar-refractivity contribution >= 4 is 17.6 Å². The third-order valence-electron chi connectivity index (χ3n) is 3.13. The fraction of sp³-hybridized carbons (Fsp3) is 0.500. The molecule has 0 bridgehead atoms. The number of carbonyl (C=O) groups is 2. The predicted octanol–water partition coefficient (Wildman–Crippen LogP) is 1.55. The Morgan fingerprint density at radius 2 is 1.94 bits per heavy atom. The van der Waals surface area contributed by atoms with Crippen LogP contribution in [0.3, 0.4) is 0 Å². The van der Waals surface area contributed by atoms with E-state index in [1.807, 2.05) is 0 Å². The molecule has 1 unspecified atom stereocenters. The van der Waals surface area contributed by atoms with Gasteiger partial charge in [-0.15, -0.1) is 0 Å². The second-order valence-electron chi connectivity index (χ2n) is 4.73. The number of amides is 1. The lowest BCUT2D eigenvalue weighted by Crippen LogP contribution is -2.37. The number of carboxylic acid groups (broad SMARTS) is 1. The van der Waals surface area contributed by atoms with Crippen LogP contribution in [0.4, 0.5) is 5.69 Å². The number of hydrogen-bond donors (Lipinski definition) is 2. The van der Waals surface area contributed by atoms with Gasteiger partial charge in [-0.2, -0.15) is 0 Å². The normalized spacial score (nSPS) is 14.0. The molecule has 6 nitrogen and oxygen atoms in total. The van der Waals surface area contributed by atoms with Crippen LogP contribution in [0.25, 0.3) is 0 Å². The number of anilines is 1. The van der Waals surface area contributed by atoms with E-state index < -0.39 is 11.4 Å². The minimum Gasteiger partial charge on any atom is -0.481 e. The number of hydrogen-bond acceptors (Lipinski definition) is 4. The number of aliphatic carboxylic acids is 1. The smallest absolute Gasteiger partial charge is 0.310 e. The number of nitrogens with one attached hydrogen (secondary N) is 1. The quantitative estimate of drug-likeness (QED) is 0.828. The second-order valence-corrected chi connectivity index (χ2v) is 4.73. The molecular weight excluding hydrogens is 234 g/mol. The van der Waals surface area contributed by atoms with E-state index in [0.29, 0.717) is 5.69 Å². The van der Waals surface area contributed by atoms with E-state index in [1.54, 1.807) is 20.8 Å². The van der Waals surface area contributed by atoms with Gasteiger partial charge in [0.15, 0.2) is 0 Å². The Morgan fingerprint density at radius 3 is 2.39 bits per heavy atom. The minimum atomic E-state index is -1.08. The van der Waals surface area contributed by atoms with Crippen LogP contribution in [-0.2, 0) is 9.59 Å². The summed E-state index contributed by atoms with van der Waals surface area (Å²) in [6, 6.07) is 0. The standard InChI is InChI=1S/C12H17N3O3/c1-8(2)12(3,11(17)18)4-10(16)15-9-5-13-7-14-6-9/h5-8H,4H2,1-3H3,(H,15,16)(H,17,18). The molecule has 1 atom stereocenters. The van der Waals surface area contributed by atoms with Crippen LogP contribution >= 0.6 is 0 Å². The molecule has 0 fully saturated rings.